The van der Waals surface area contributed by atoms with Crippen LogP contribution in [0.15, 0.2) is 65.8 Å². The monoisotopic (exact) mass is 490 g/mol. The van der Waals surface area contributed by atoms with E-state index < -0.39 is 5.60 Å². The number of allylic oxidation sites excluding steroid dienone is 2. The summed E-state index contributed by atoms with van der Waals surface area (Å²) in [6, 6.07) is 9.81. The van der Waals surface area contributed by atoms with Crippen LogP contribution in [0.25, 0.3) is 0 Å². The topological polar surface area (TPSA) is 137 Å². The number of aromatic nitrogens is 2. The van der Waals surface area contributed by atoms with Gasteiger partial charge in [-0.05, 0) is 31.2 Å². The summed E-state index contributed by atoms with van der Waals surface area (Å²) in [6.07, 6.45) is 12.3. The molecule has 1 aliphatic heterocycles. The molecule has 1 fully saturated rings. The summed E-state index contributed by atoms with van der Waals surface area (Å²) < 4.78 is 1.36. The smallest absolute Gasteiger partial charge is 0.264 e. The Morgan fingerprint density at radius 1 is 1.28 bits per heavy atom. The second-order valence-electron chi connectivity index (χ2n) is 9.56. The highest BCUT2D eigenvalue weighted by Gasteiger charge is 2.36. The van der Waals surface area contributed by atoms with Crippen molar-refractivity contribution in [1.29, 1.82) is 5.41 Å². The molecule has 1 aromatic carbocycles. The molecule has 2 aliphatic rings. The highest BCUT2D eigenvalue weighted by Crippen LogP contribution is 2.25. The summed E-state index contributed by atoms with van der Waals surface area (Å²) in [4.78, 5) is 32.3. The molecule has 1 amide bonds. The average Bonchev–Trinajstić information content (AvgIpc) is 2.90. The van der Waals surface area contributed by atoms with Gasteiger partial charge in [-0.3, -0.25) is 14.2 Å². The molecule has 2 atom stereocenters. The Kier molecular flexibility index (Phi) is 8.12. The van der Waals surface area contributed by atoms with E-state index in [0.29, 0.717) is 38.2 Å². The molecule has 1 aliphatic carbocycles. The van der Waals surface area contributed by atoms with Gasteiger partial charge in [0.25, 0.3) is 5.56 Å². The zero-order valence-corrected chi connectivity index (χ0v) is 20.3. The van der Waals surface area contributed by atoms with Crippen molar-refractivity contribution in [3.05, 3.63) is 82.4 Å². The van der Waals surface area contributed by atoms with E-state index in [2.05, 4.69) is 10.3 Å². The minimum Gasteiger partial charge on any atom is -0.388 e. The fourth-order valence-electron chi connectivity index (χ4n) is 4.77. The van der Waals surface area contributed by atoms with Gasteiger partial charge in [-0.2, -0.15) is 0 Å². The van der Waals surface area contributed by atoms with Gasteiger partial charge < -0.3 is 26.5 Å². The van der Waals surface area contributed by atoms with Crippen LogP contribution in [-0.2, 0) is 17.8 Å². The largest absolute Gasteiger partial charge is 0.388 e. The van der Waals surface area contributed by atoms with Gasteiger partial charge in [-0.25, -0.2) is 4.98 Å². The van der Waals surface area contributed by atoms with Crippen LogP contribution in [-0.4, -0.2) is 63.0 Å². The molecule has 2 aromatic rings. The first-order valence-electron chi connectivity index (χ1n) is 12.4. The number of nitrogens with zero attached hydrogens (tertiary/aromatic N) is 3. The molecule has 0 radical (unpaired) electrons. The van der Waals surface area contributed by atoms with Crippen molar-refractivity contribution in [2.45, 2.75) is 43.9 Å². The Balaban J connectivity index is 1.39. The van der Waals surface area contributed by atoms with E-state index in [4.69, 9.17) is 11.1 Å². The van der Waals surface area contributed by atoms with Crippen LogP contribution in [0.5, 0.6) is 0 Å². The van der Waals surface area contributed by atoms with Crippen LogP contribution >= 0.6 is 0 Å². The van der Waals surface area contributed by atoms with Gasteiger partial charge >= 0.3 is 0 Å². The average molecular weight is 491 g/mol. The molecular weight excluding hydrogens is 456 g/mol. The molecule has 4 rings (SSSR count). The molecule has 1 unspecified atom stereocenters. The standard InChI is InChI=1S/C27H34N6O3/c28-16-21(15-20-7-3-1-4-8-20)25(34)32-13-11-27(36,12-14-32)18-33-19-30-24(23(17-29)26(33)35)31-22-9-5-2-6-10-22/h1-9,17,19,21-22,29,31,36H,10-16,18,28H2/t21-,22?/m0/s1. The van der Waals surface area contributed by atoms with E-state index in [1.807, 2.05) is 54.6 Å². The number of nitrogens with two attached hydrogens (primary N) is 1. The van der Waals surface area contributed by atoms with Gasteiger partial charge in [-0.1, -0.05) is 54.6 Å². The van der Waals surface area contributed by atoms with Gasteiger partial charge in [-0.15, -0.1) is 0 Å². The molecule has 9 nitrogen and oxygen atoms in total. The minimum absolute atomic E-state index is 0.00161. The summed E-state index contributed by atoms with van der Waals surface area (Å²) >= 11 is 0. The molecule has 2 heterocycles. The van der Waals surface area contributed by atoms with Crippen LogP contribution in [0.1, 0.15) is 30.4 Å². The van der Waals surface area contributed by atoms with E-state index >= 15 is 0 Å². The maximum atomic E-state index is 13.1. The first-order chi connectivity index (χ1) is 17.4. The van der Waals surface area contributed by atoms with Crippen molar-refractivity contribution in [1.82, 2.24) is 14.5 Å². The third kappa shape index (κ3) is 5.98. The molecule has 0 saturated carbocycles. The summed E-state index contributed by atoms with van der Waals surface area (Å²) in [5.41, 5.74) is 5.62. The van der Waals surface area contributed by atoms with E-state index in [9.17, 15) is 14.7 Å². The highest BCUT2D eigenvalue weighted by molar-refractivity contribution is 5.83. The molecule has 9 heteroatoms. The summed E-state index contributed by atoms with van der Waals surface area (Å²) in [5, 5.41) is 22.2. The van der Waals surface area contributed by atoms with E-state index in [1.54, 1.807) is 4.90 Å². The number of anilines is 1. The van der Waals surface area contributed by atoms with Crippen LogP contribution in [0, 0.1) is 11.3 Å². The number of benzene rings is 1. The number of carbonyl (C=O) groups excluding carboxylic acids is 1. The lowest BCUT2D eigenvalue weighted by Gasteiger charge is -2.39. The van der Waals surface area contributed by atoms with E-state index in [0.717, 1.165) is 18.2 Å². The summed E-state index contributed by atoms with van der Waals surface area (Å²) in [5.74, 6) is 0.0420. The lowest BCUT2D eigenvalue weighted by molar-refractivity contribution is -0.139. The van der Waals surface area contributed by atoms with Crippen LogP contribution in [0.2, 0.25) is 0 Å². The number of aliphatic hydroxyl groups is 1. The number of rotatable bonds is 9. The quantitative estimate of drug-likeness (QED) is 0.395. The normalized spacial score (nSPS) is 19.6. The predicted octanol–water partition coefficient (Wildman–Crippen LogP) is 1.71. The molecule has 1 saturated heterocycles. The Morgan fingerprint density at radius 3 is 2.67 bits per heavy atom. The second kappa shape index (κ2) is 11.5. The van der Waals surface area contributed by atoms with Gasteiger partial charge in [0.05, 0.1) is 30.0 Å². The van der Waals surface area contributed by atoms with Crippen molar-refractivity contribution < 1.29 is 9.90 Å². The Bertz CT molecular complexity index is 1180. The Hall–Kier alpha value is -3.56. The van der Waals surface area contributed by atoms with Crippen molar-refractivity contribution in [3.63, 3.8) is 0 Å². The summed E-state index contributed by atoms with van der Waals surface area (Å²) in [7, 11) is 0. The Morgan fingerprint density at radius 2 is 2.03 bits per heavy atom. The lowest BCUT2D eigenvalue weighted by Crippen LogP contribution is -2.51. The third-order valence-electron chi connectivity index (χ3n) is 6.95. The number of hydrogen-bond donors (Lipinski definition) is 4. The number of nitrogens with one attached hydrogen (secondary N) is 2. The fourth-order valence-corrected chi connectivity index (χ4v) is 4.77. The van der Waals surface area contributed by atoms with Gasteiger partial charge in [0, 0.05) is 31.9 Å². The first kappa shape index (κ1) is 25.5. The van der Waals surface area contributed by atoms with Crippen molar-refractivity contribution in [2.24, 2.45) is 11.7 Å². The highest BCUT2D eigenvalue weighted by atomic mass is 16.3. The number of amides is 1. The molecular formula is C27H34N6O3. The molecule has 5 N–H and O–H groups in total. The van der Waals surface area contributed by atoms with Crippen LogP contribution in [0.3, 0.4) is 0 Å². The molecule has 190 valence electrons. The first-order valence-corrected chi connectivity index (χ1v) is 12.4. The Labute approximate surface area is 210 Å². The lowest BCUT2D eigenvalue weighted by atomic mass is 9.89. The zero-order valence-electron chi connectivity index (χ0n) is 20.3. The summed E-state index contributed by atoms with van der Waals surface area (Å²) in [6.45, 7) is 1.09. The number of piperidine rings is 1. The van der Waals surface area contributed by atoms with Crippen molar-refractivity contribution in [2.75, 3.05) is 25.0 Å². The van der Waals surface area contributed by atoms with Crippen LogP contribution < -0.4 is 16.6 Å². The molecule has 0 spiro atoms. The maximum Gasteiger partial charge on any atom is 0.264 e. The van der Waals surface area contributed by atoms with Crippen molar-refractivity contribution in [3.8, 4) is 0 Å². The molecule has 36 heavy (non-hydrogen) atoms. The van der Waals surface area contributed by atoms with Crippen molar-refractivity contribution >= 4 is 17.9 Å². The van der Waals surface area contributed by atoms with E-state index in [-0.39, 0.29) is 42.1 Å². The fraction of sp³-hybridized carbons (Fsp3) is 0.407. The zero-order chi connectivity index (χ0) is 25.5. The second-order valence-corrected chi connectivity index (χ2v) is 9.56. The molecule has 0 bridgehead atoms. The van der Waals surface area contributed by atoms with Crippen LogP contribution in [0.4, 0.5) is 5.82 Å². The van der Waals surface area contributed by atoms with Gasteiger partial charge in [0.2, 0.25) is 5.91 Å². The third-order valence-corrected chi connectivity index (χ3v) is 6.95. The SMILES string of the molecule is N=Cc1c(NC2C=CC=CC2)ncn(CC2(O)CCN(C(=O)[C@H](CN)Cc3ccccc3)CC2)c1=O. The predicted molar refractivity (Wildman–Crippen MR) is 140 cm³/mol. The number of likely N-dealkylation sites (tertiary alicyclic amines) is 1. The van der Waals surface area contributed by atoms with Gasteiger partial charge in [0.1, 0.15) is 5.82 Å². The minimum atomic E-state index is -1.15. The van der Waals surface area contributed by atoms with Gasteiger partial charge in [0.15, 0.2) is 0 Å². The number of carbonyl (C=O) groups is 1. The van der Waals surface area contributed by atoms with E-state index in [1.165, 1.54) is 10.9 Å². The number of hydrogen-bond acceptors (Lipinski definition) is 7. The maximum absolute atomic E-state index is 13.1. The molecule has 1 aromatic heterocycles.